The minimum atomic E-state index is 0.925. The second-order valence-corrected chi connectivity index (χ2v) is 5.41. The third-order valence-electron chi connectivity index (χ3n) is 3.31. The fraction of sp³-hybridized carbons (Fsp3) is 0.833. The predicted octanol–water partition coefficient (Wildman–Crippen LogP) is 1.68. The molecular weight excluding hydrogens is 232 g/mol. The molecule has 1 fully saturated rings. The SMILES string of the molecule is CCc1nnsc1CNCCN1CCCCC1. The summed E-state index contributed by atoms with van der Waals surface area (Å²) >= 11 is 1.52. The van der Waals surface area contributed by atoms with Gasteiger partial charge in [-0.3, -0.25) is 0 Å². The standard InChI is InChI=1S/C12H22N4S/c1-2-11-12(17-15-14-11)10-13-6-9-16-7-4-3-5-8-16/h13H,2-10H2,1H3. The quantitative estimate of drug-likeness (QED) is 0.784. The highest BCUT2D eigenvalue weighted by atomic mass is 32.1. The van der Waals surface area contributed by atoms with E-state index in [1.54, 1.807) is 0 Å². The first-order valence-electron chi connectivity index (χ1n) is 6.63. The first-order chi connectivity index (χ1) is 8.40. The molecule has 1 aromatic rings. The maximum Gasteiger partial charge on any atom is 0.0797 e. The summed E-state index contributed by atoms with van der Waals surface area (Å²) < 4.78 is 4.00. The van der Waals surface area contributed by atoms with Gasteiger partial charge in [-0.05, 0) is 43.9 Å². The third kappa shape index (κ3) is 4.01. The maximum atomic E-state index is 4.12. The Balaban J connectivity index is 1.62. The Morgan fingerprint density at radius 3 is 2.88 bits per heavy atom. The van der Waals surface area contributed by atoms with Crippen molar-refractivity contribution in [2.75, 3.05) is 26.2 Å². The monoisotopic (exact) mass is 254 g/mol. The van der Waals surface area contributed by atoms with Crippen LogP contribution in [0.15, 0.2) is 0 Å². The van der Waals surface area contributed by atoms with Crippen molar-refractivity contribution in [3.63, 3.8) is 0 Å². The van der Waals surface area contributed by atoms with E-state index in [1.807, 2.05) is 0 Å². The Hall–Kier alpha value is -0.520. The molecule has 1 saturated heterocycles. The smallest absolute Gasteiger partial charge is 0.0797 e. The molecule has 5 heteroatoms. The van der Waals surface area contributed by atoms with Crippen molar-refractivity contribution in [2.45, 2.75) is 39.2 Å². The molecule has 0 saturated carbocycles. The lowest BCUT2D eigenvalue weighted by atomic mass is 10.1. The number of nitrogens with one attached hydrogen (secondary N) is 1. The van der Waals surface area contributed by atoms with Crippen LogP contribution in [0.3, 0.4) is 0 Å². The second-order valence-electron chi connectivity index (χ2n) is 4.58. The van der Waals surface area contributed by atoms with Gasteiger partial charge in [-0.2, -0.15) is 0 Å². The molecule has 17 heavy (non-hydrogen) atoms. The molecule has 0 aromatic carbocycles. The molecule has 1 aromatic heterocycles. The molecule has 1 N–H and O–H groups in total. The lowest BCUT2D eigenvalue weighted by Crippen LogP contribution is -2.35. The van der Waals surface area contributed by atoms with Crippen LogP contribution in [0.4, 0.5) is 0 Å². The summed E-state index contributed by atoms with van der Waals surface area (Å²) in [7, 11) is 0. The zero-order valence-electron chi connectivity index (χ0n) is 10.6. The normalized spacial score (nSPS) is 17.5. The zero-order chi connectivity index (χ0) is 11.9. The number of aryl methyl sites for hydroxylation is 1. The van der Waals surface area contributed by atoms with Crippen molar-refractivity contribution in [3.8, 4) is 0 Å². The first-order valence-corrected chi connectivity index (χ1v) is 7.40. The lowest BCUT2D eigenvalue weighted by Gasteiger charge is -2.26. The summed E-state index contributed by atoms with van der Waals surface area (Å²) in [6.07, 6.45) is 5.15. The van der Waals surface area contributed by atoms with E-state index in [0.29, 0.717) is 0 Å². The number of hydrogen-bond donors (Lipinski definition) is 1. The molecule has 2 heterocycles. The topological polar surface area (TPSA) is 41.1 Å². The van der Waals surface area contributed by atoms with Crippen LogP contribution in [0.1, 0.15) is 36.8 Å². The minimum absolute atomic E-state index is 0.925. The molecule has 0 unspecified atom stereocenters. The van der Waals surface area contributed by atoms with Gasteiger partial charge in [-0.1, -0.05) is 17.8 Å². The van der Waals surface area contributed by atoms with Crippen molar-refractivity contribution in [1.82, 2.24) is 19.8 Å². The fourth-order valence-corrected chi connectivity index (χ4v) is 2.95. The van der Waals surface area contributed by atoms with E-state index in [4.69, 9.17) is 0 Å². The van der Waals surface area contributed by atoms with Crippen LogP contribution in [0.2, 0.25) is 0 Å². The Kier molecular flexibility index (Phi) is 5.35. The number of nitrogens with zero attached hydrogens (tertiary/aromatic N) is 3. The van der Waals surface area contributed by atoms with Crippen LogP contribution in [0.25, 0.3) is 0 Å². The van der Waals surface area contributed by atoms with Gasteiger partial charge in [0, 0.05) is 19.6 Å². The number of likely N-dealkylation sites (tertiary alicyclic amines) is 1. The highest BCUT2D eigenvalue weighted by molar-refractivity contribution is 7.05. The number of rotatable bonds is 6. The van der Waals surface area contributed by atoms with Crippen molar-refractivity contribution < 1.29 is 0 Å². The molecule has 4 nitrogen and oxygen atoms in total. The molecular formula is C12H22N4S. The van der Waals surface area contributed by atoms with Gasteiger partial charge < -0.3 is 10.2 Å². The summed E-state index contributed by atoms with van der Waals surface area (Å²) in [5, 5.41) is 7.62. The lowest BCUT2D eigenvalue weighted by molar-refractivity contribution is 0.229. The second kappa shape index (κ2) is 7.03. The third-order valence-corrected chi connectivity index (χ3v) is 4.07. The average molecular weight is 254 g/mol. The van der Waals surface area contributed by atoms with Crippen LogP contribution in [-0.4, -0.2) is 40.7 Å². The summed E-state index contributed by atoms with van der Waals surface area (Å²) in [5.41, 5.74) is 1.15. The molecule has 0 radical (unpaired) electrons. The van der Waals surface area contributed by atoms with Gasteiger partial charge in [0.15, 0.2) is 0 Å². The van der Waals surface area contributed by atoms with Crippen LogP contribution in [-0.2, 0) is 13.0 Å². The van der Waals surface area contributed by atoms with E-state index in [1.165, 1.54) is 55.3 Å². The van der Waals surface area contributed by atoms with Crippen molar-refractivity contribution in [2.24, 2.45) is 0 Å². The van der Waals surface area contributed by atoms with Gasteiger partial charge in [0.25, 0.3) is 0 Å². The van der Waals surface area contributed by atoms with Gasteiger partial charge in [0.2, 0.25) is 0 Å². The van der Waals surface area contributed by atoms with E-state index < -0.39 is 0 Å². The first kappa shape index (κ1) is 12.9. The van der Waals surface area contributed by atoms with Crippen LogP contribution in [0, 0.1) is 0 Å². The molecule has 0 amide bonds. The highest BCUT2D eigenvalue weighted by Crippen LogP contribution is 2.10. The molecule has 2 rings (SSSR count). The van der Waals surface area contributed by atoms with Gasteiger partial charge in [-0.25, -0.2) is 0 Å². The summed E-state index contributed by atoms with van der Waals surface area (Å²) in [6, 6.07) is 0. The maximum absolute atomic E-state index is 4.12. The van der Waals surface area contributed by atoms with E-state index >= 15 is 0 Å². The molecule has 0 aliphatic carbocycles. The molecule has 0 atom stereocenters. The molecule has 1 aliphatic heterocycles. The molecule has 0 spiro atoms. The predicted molar refractivity (Wildman–Crippen MR) is 71.3 cm³/mol. The summed E-state index contributed by atoms with van der Waals surface area (Å²) in [5.74, 6) is 0. The summed E-state index contributed by atoms with van der Waals surface area (Å²) in [4.78, 5) is 3.86. The van der Waals surface area contributed by atoms with Crippen molar-refractivity contribution in [1.29, 1.82) is 0 Å². The Morgan fingerprint density at radius 2 is 2.12 bits per heavy atom. The van der Waals surface area contributed by atoms with Gasteiger partial charge in [0.05, 0.1) is 10.6 Å². The summed E-state index contributed by atoms with van der Waals surface area (Å²) in [6.45, 7) is 7.87. The van der Waals surface area contributed by atoms with Crippen LogP contribution >= 0.6 is 11.5 Å². The van der Waals surface area contributed by atoms with Crippen molar-refractivity contribution in [3.05, 3.63) is 10.6 Å². The van der Waals surface area contributed by atoms with E-state index in [0.717, 1.165) is 25.2 Å². The van der Waals surface area contributed by atoms with Crippen molar-refractivity contribution >= 4 is 11.5 Å². The van der Waals surface area contributed by atoms with E-state index in [9.17, 15) is 0 Å². The minimum Gasteiger partial charge on any atom is -0.310 e. The Labute approximate surface area is 108 Å². The Bertz CT molecular complexity index is 320. The largest absolute Gasteiger partial charge is 0.310 e. The molecule has 1 aliphatic rings. The molecule has 0 bridgehead atoms. The molecule has 96 valence electrons. The van der Waals surface area contributed by atoms with Crippen LogP contribution in [0.5, 0.6) is 0 Å². The van der Waals surface area contributed by atoms with E-state index in [2.05, 4.69) is 26.7 Å². The Morgan fingerprint density at radius 1 is 1.29 bits per heavy atom. The highest BCUT2D eigenvalue weighted by Gasteiger charge is 2.09. The van der Waals surface area contributed by atoms with Crippen LogP contribution < -0.4 is 5.32 Å². The number of piperidine rings is 1. The fourth-order valence-electron chi connectivity index (χ4n) is 2.25. The van der Waals surface area contributed by atoms with Gasteiger partial charge in [0.1, 0.15) is 0 Å². The number of aromatic nitrogens is 2. The van der Waals surface area contributed by atoms with Gasteiger partial charge >= 0.3 is 0 Å². The average Bonchev–Trinajstić information content (AvgIpc) is 2.83. The number of hydrogen-bond acceptors (Lipinski definition) is 5. The van der Waals surface area contributed by atoms with Gasteiger partial charge in [-0.15, -0.1) is 5.10 Å². The van der Waals surface area contributed by atoms with E-state index in [-0.39, 0.29) is 0 Å². The zero-order valence-corrected chi connectivity index (χ0v) is 11.4.